The van der Waals surface area contributed by atoms with E-state index >= 15 is 0 Å². The molecule has 5 heteroatoms. The van der Waals surface area contributed by atoms with E-state index in [1.165, 1.54) is 0 Å². The summed E-state index contributed by atoms with van der Waals surface area (Å²) in [5.74, 6) is 1.35. The van der Waals surface area contributed by atoms with E-state index in [9.17, 15) is 5.11 Å². The molecule has 1 aliphatic rings. The largest absolute Gasteiger partial charge is 0.393 e. The summed E-state index contributed by atoms with van der Waals surface area (Å²) in [6.45, 7) is 0.876. The summed E-state index contributed by atoms with van der Waals surface area (Å²) in [5, 5.41) is 13.3. The van der Waals surface area contributed by atoms with Crippen LogP contribution in [0, 0.1) is 5.92 Å². The predicted molar refractivity (Wildman–Crippen MR) is 73.4 cm³/mol. The Bertz CT molecular complexity index is 381. The standard InChI is InChI=1S/C12H16BrClN2O/c13-9-5-11(14)12(16-7-9)15-6-8-1-3-10(17)4-2-8/h5,7-8,10,17H,1-4,6H2,(H,15,16). The Labute approximate surface area is 115 Å². The summed E-state index contributed by atoms with van der Waals surface area (Å²) in [4.78, 5) is 4.24. The van der Waals surface area contributed by atoms with Crippen molar-refractivity contribution in [1.82, 2.24) is 4.98 Å². The van der Waals surface area contributed by atoms with Gasteiger partial charge in [0, 0.05) is 17.2 Å². The molecule has 0 atom stereocenters. The zero-order chi connectivity index (χ0) is 12.3. The number of rotatable bonds is 3. The summed E-state index contributed by atoms with van der Waals surface area (Å²) >= 11 is 9.40. The lowest BCUT2D eigenvalue weighted by molar-refractivity contribution is 0.111. The van der Waals surface area contributed by atoms with Gasteiger partial charge in [-0.15, -0.1) is 0 Å². The lowest BCUT2D eigenvalue weighted by atomic mass is 9.87. The fraction of sp³-hybridized carbons (Fsp3) is 0.583. The smallest absolute Gasteiger partial charge is 0.144 e. The molecule has 3 nitrogen and oxygen atoms in total. The van der Waals surface area contributed by atoms with Crippen LogP contribution in [0.3, 0.4) is 0 Å². The van der Waals surface area contributed by atoms with Crippen LogP contribution in [0.5, 0.6) is 0 Å². The van der Waals surface area contributed by atoms with Gasteiger partial charge in [0.05, 0.1) is 11.1 Å². The van der Waals surface area contributed by atoms with Crippen LogP contribution in [0.2, 0.25) is 5.02 Å². The summed E-state index contributed by atoms with van der Waals surface area (Å²) < 4.78 is 0.883. The van der Waals surface area contributed by atoms with Crippen molar-refractivity contribution in [1.29, 1.82) is 0 Å². The molecule has 0 saturated heterocycles. The van der Waals surface area contributed by atoms with Gasteiger partial charge in [0.1, 0.15) is 5.82 Å². The first-order chi connectivity index (χ1) is 8.15. The zero-order valence-corrected chi connectivity index (χ0v) is 11.8. The fourth-order valence-corrected chi connectivity index (χ4v) is 2.83. The number of nitrogens with one attached hydrogen (secondary N) is 1. The maximum absolute atomic E-state index is 9.43. The first-order valence-electron chi connectivity index (χ1n) is 5.88. The van der Waals surface area contributed by atoms with Gasteiger partial charge in [-0.25, -0.2) is 4.98 Å². The number of pyridine rings is 1. The molecule has 1 aromatic rings. The van der Waals surface area contributed by atoms with Crippen LogP contribution < -0.4 is 5.32 Å². The Balaban J connectivity index is 1.85. The molecule has 2 N–H and O–H groups in total. The van der Waals surface area contributed by atoms with E-state index in [0.717, 1.165) is 42.5 Å². The molecular weight excluding hydrogens is 304 g/mol. The monoisotopic (exact) mass is 318 g/mol. The molecule has 0 bridgehead atoms. The van der Waals surface area contributed by atoms with Crippen LogP contribution in [0.15, 0.2) is 16.7 Å². The van der Waals surface area contributed by atoms with Crippen LogP contribution in [0.25, 0.3) is 0 Å². The maximum atomic E-state index is 9.43. The number of aliphatic hydroxyl groups is 1. The Hall–Kier alpha value is -0.320. The number of hydrogen-bond donors (Lipinski definition) is 2. The molecule has 94 valence electrons. The molecule has 0 amide bonds. The molecule has 17 heavy (non-hydrogen) atoms. The summed E-state index contributed by atoms with van der Waals surface area (Å²) in [7, 11) is 0. The van der Waals surface area contributed by atoms with Crippen molar-refractivity contribution in [3.63, 3.8) is 0 Å². The zero-order valence-electron chi connectivity index (χ0n) is 9.50. The Morgan fingerprint density at radius 2 is 2.12 bits per heavy atom. The van der Waals surface area contributed by atoms with Gasteiger partial charge in [0.15, 0.2) is 0 Å². The maximum Gasteiger partial charge on any atom is 0.144 e. The van der Waals surface area contributed by atoms with Crippen LogP contribution in [0.1, 0.15) is 25.7 Å². The van der Waals surface area contributed by atoms with Crippen LogP contribution in [0.4, 0.5) is 5.82 Å². The van der Waals surface area contributed by atoms with Crippen molar-refractivity contribution < 1.29 is 5.11 Å². The molecule has 0 spiro atoms. The van der Waals surface area contributed by atoms with Crippen LogP contribution >= 0.6 is 27.5 Å². The van der Waals surface area contributed by atoms with E-state index in [1.54, 1.807) is 6.20 Å². The van der Waals surface area contributed by atoms with Gasteiger partial charge in [0.2, 0.25) is 0 Å². The van der Waals surface area contributed by atoms with E-state index < -0.39 is 0 Å². The van der Waals surface area contributed by atoms with Crippen LogP contribution in [-0.2, 0) is 0 Å². The van der Waals surface area contributed by atoms with Gasteiger partial charge in [-0.1, -0.05) is 11.6 Å². The fourth-order valence-electron chi connectivity index (χ4n) is 2.13. The first kappa shape index (κ1) is 13.1. The average molecular weight is 320 g/mol. The topological polar surface area (TPSA) is 45.1 Å². The third-order valence-electron chi connectivity index (χ3n) is 3.18. The molecule has 0 aromatic carbocycles. The Kier molecular flexibility index (Phi) is 4.65. The van der Waals surface area contributed by atoms with Gasteiger partial charge < -0.3 is 10.4 Å². The van der Waals surface area contributed by atoms with Crippen molar-refractivity contribution in [3.8, 4) is 0 Å². The van der Waals surface area contributed by atoms with E-state index in [4.69, 9.17) is 11.6 Å². The molecular formula is C12H16BrClN2O. The minimum absolute atomic E-state index is 0.0966. The minimum atomic E-state index is -0.0966. The molecule has 2 rings (SSSR count). The molecule has 1 fully saturated rings. The van der Waals surface area contributed by atoms with Crippen molar-refractivity contribution in [2.75, 3.05) is 11.9 Å². The molecule has 0 radical (unpaired) electrons. The minimum Gasteiger partial charge on any atom is -0.393 e. The highest BCUT2D eigenvalue weighted by Crippen LogP contribution is 2.26. The van der Waals surface area contributed by atoms with Gasteiger partial charge in [0.25, 0.3) is 0 Å². The summed E-state index contributed by atoms with van der Waals surface area (Å²) in [6.07, 6.45) is 5.60. The molecule has 1 heterocycles. The van der Waals surface area contributed by atoms with Crippen molar-refractivity contribution in [2.45, 2.75) is 31.8 Å². The quantitative estimate of drug-likeness (QED) is 0.897. The predicted octanol–water partition coefficient (Wildman–Crippen LogP) is 3.46. The van der Waals surface area contributed by atoms with E-state index in [0.29, 0.717) is 10.9 Å². The lowest BCUT2D eigenvalue weighted by Crippen LogP contribution is -2.23. The normalized spacial score (nSPS) is 24.6. The van der Waals surface area contributed by atoms with Crippen molar-refractivity contribution in [2.24, 2.45) is 5.92 Å². The summed E-state index contributed by atoms with van der Waals surface area (Å²) in [5.41, 5.74) is 0. The van der Waals surface area contributed by atoms with E-state index in [2.05, 4.69) is 26.2 Å². The Morgan fingerprint density at radius 3 is 2.76 bits per heavy atom. The van der Waals surface area contributed by atoms with E-state index in [-0.39, 0.29) is 6.10 Å². The number of nitrogens with zero attached hydrogens (tertiary/aromatic N) is 1. The molecule has 1 aromatic heterocycles. The highest BCUT2D eigenvalue weighted by molar-refractivity contribution is 9.10. The molecule has 1 aliphatic carbocycles. The number of halogens is 2. The van der Waals surface area contributed by atoms with Gasteiger partial charge in [-0.05, 0) is 53.6 Å². The second-order valence-corrected chi connectivity index (χ2v) is 5.86. The van der Waals surface area contributed by atoms with Gasteiger partial charge in [-0.3, -0.25) is 0 Å². The summed E-state index contributed by atoms with van der Waals surface area (Å²) in [6, 6.07) is 1.83. The Morgan fingerprint density at radius 1 is 1.41 bits per heavy atom. The number of aliphatic hydroxyl groups excluding tert-OH is 1. The second-order valence-electron chi connectivity index (χ2n) is 4.54. The molecule has 1 saturated carbocycles. The number of anilines is 1. The van der Waals surface area contributed by atoms with Gasteiger partial charge >= 0.3 is 0 Å². The molecule has 0 unspecified atom stereocenters. The molecule has 0 aliphatic heterocycles. The SMILES string of the molecule is OC1CCC(CNc2ncc(Br)cc2Cl)CC1. The van der Waals surface area contributed by atoms with Gasteiger partial charge in [-0.2, -0.15) is 0 Å². The average Bonchev–Trinajstić information content (AvgIpc) is 2.30. The van der Waals surface area contributed by atoms with Crippen molar-refractivity contribution in [3.05, 3.63) is 21.8 Å². The highest BCUT2D eigenvalue weighted by atomic mass is 79.9. The first-order valence-corrected chi connectivity index (χ1v) is 7.05. The third kappa shape index (κ3) is 3.83. The number of hydrogen-bond acceptors (Lipinski definition) is 3. The third-order valence-corrected chi connectivity index (χ3v) is 3.90. The highest BCUT2D eigenvalue weighted by Gasteiger charge is 2.19. The lowest BCUT2D eigenvalue weighted by Gasteiger charge is -2.25. The second kappa shape index (κ2) is 6.03. The number of aromatic nitrogens is 1. The van der Waals surface area contributed by atoms with Crippen LogP contribution in [-0.4, -0.2) is 22.7 Å². The van der Waals surface area contributed by atoms with Crippen molar-refractivity contribution >= 4 is 33.3 Å². The van der Waals surface area contributed by atoms with E-state index in [1.807, 2.05) is 6.07 Å².